The van der Waals surface area contributed by atoms with Crippen LogP contribution < -0.4 is 15.4 Å². The molecule has 0 saturated heterocycles. The first-order valence-electron chi connectivity index (χ1n) is 5.16. The van der Waals surface area contributed by atoms with E-state index in [1.807, 2.05) is 24.1 Å². The first kappa shape index (κ1) is 11.2. The molecular formula is C12H14N4O. The third-order valence-electron chi connectivity index (χ3n) is 2.46. The number of anilines is 3. The predicted octanol–water partition coefficient (Wildman–Crippen LogP) is 1.84. The van der Waals surface area contributed by atoms with Crippen LogP contribution in [0.5, 0.6) is 5.75 Å². The Morgan fingerprint density at radius 1 is 1.24 bits per heavy atom. The van der Waals surface area contributed by atoms with Gasteiger partial charge in [0.25, 0.3) is 0 Å². The van der Waals surface area contributed by atoms with Gasteiger partial charge in [0, 0.05) is 31.2 Å². The van der Waals surface area contributed by atoms with Gasteiger partial charge in [-0.1, -0.05) is 0 Å². The van der Waals surface area contributed by atoms with Gasteiger partial charge in [0.2, 0.25) is 5.95 Å². The van der Waals surface area contributed by atoms with Crippen LogP contribution in [-0.2, 0) is 0 Å². The molecule has 0 amide bonds. The van der Waals surface area contributed by atoms with Crippen molar-refractivity contribution in [2.75, 3.05) is 24.8 Å². The van der Waals surface area contributed by atoms with Gasteiger partial charge in [0.05, 0.1) is 12.8 Å². The molecule has 0 unspecified atom stereocenters. The summed E-state index contributed by atoms with van der Waals surface area (Å²) in [4.78, 5) is 10.2. The summed E-state index contributed by atoms with van der Waals surface area (Å²) in [7, 11) is 3.48. The van der Waals surface area contributed by atoms with Crippen LogP contribution >= 0.6 is 0 Å². The number of aromatic nitrogens is 2. The lowest BCUT2D eigenvalue weighted by Gasteiger charge is -2.18. The highest BCUT2D eigenvalue weighted by molar-refractivity contribution is 5.65. The SMILES string of the molecule is COc1cc(N(C)c2ncccn2)ccc1N. The minimum atomic E-state index is 0.610. The van der Waals surface area contributed by atoms with Crippen molar-refractivity contribution in [1.82, 2.24) is 9.97 Å². The monoisotopic (exact) mass is 230 g/mol. The minimum Gasteiger partial charge on any atom is -0.495 e. The molecule has 0 aliphatic heterocycles. The van der Waals surface area contributed by atoms with Crippen molar-refractivity contribution in [2.45, 2.75) is 0 Å². The van der Waals surface area contributed by atoms with Gasteiger partial charge in [-0.3, -0.25) is 0 Å². The normalized spacial score (nSPS) is 10.0. The van der Waals surface area contributed by atoms with Crippen LogP contribution in [0, 0.1) is 0 Å². The highest BCUT2D eigenvalue weighted by atomic mass is 16.5. The van der Waals surface area contributed by atoms with E-state index in [0.717, 1.165) is 5.69 Å². The first-order chi connectivity index (χ1) is 8.22. The molecule has 2 N–H and O–H groups in total. The fraction of sp³-hybridized carbons (Fsp3) is 0.167. The number of hydrogen-bond donors (Lipinski definition) is 1. The second kappa shape index (κ2) is 4.69. The quantitative estimate of drug-likeness (QED) is 0.815. The van der Waals surface area contributed by atoms with Gasteiger partial charge < -0.3 is 15.4 Å². The molecule has 0 radical (unpaired) electrons. The highest BCUT2D eigenvalue weighted by Crippen LogP contribution is 2.28. The molecule has 17 heavy (non-hydrogen) atoms. The lowest BCUT2D eigenvalue weighted by Crippen LogP contribution is -2.12. The number of nitrogens with two attached hydrogens (primary N) is 1. The summed E-state index contributed by atoms with van der Waals surface area (Å²) in [6.07, 6.45) is 3.40. The Balaban J connectivity index is 2.34. The molecule has 0 saturated carbocycles. The van der Waals surface area contributed by atoms with Crippen LogP contribution in [0.3, 0.4) is 0 Å². The van der Waals surface area contributed by atoms with E-state index in [1.165, 1.54) is 0 Å². The number of benzene rings is 1. The molecule has 2 aromatic rings. The van der Waals surface area contributed by atoms with Gasteiger partial charge in [0.15, 0.2) is 0 Å². The van der Waals surface area contributed by atoms with Crippen molar-refractivity contribution >= 4 is 17.3 Å². The Kier molecular flexibility index (Phi) is 3.09. The van der Waals surface area contributed by atoms with Crippen molar-refractivity contribution in [2.24, 2.45) is 0 Å². The van der Waals surface area contributed by atoms with Crippen LogP contribution in [-0.4, -0.2) is 24.1 Å². The van der Waals surface area contributed by atoms with Crippen molar-refractivity contribution in [3.05, 3.63) is 36.7 Å². The maximum atomic E-state index is 5.76. The second-order valence-electron chi connectivity index (χ2n) is 3.53. The highest BCUT2D eigenvalue weighted by Gasteiger charge is 2.08. The molecule has 0 fully saturated rings. The van der Waals surface area contributed by atoms with Crippen LogP contribution in [0.15, 0.2) is 36.7 Å². The van der Waals surface area contributed by atoms with Gasteiger partial charge in [0.1, 0.15) is 5.75 Å². The third-order valence-corrected chi connectivity index (χ3v) is 2.46. The molecule has 5 heteroatoms. The lowest BCUT2D eigenvalue weighted by atomic mass is 10.2. The zero-order valence-corrected chi connectivity index (χ0v) is 9.79. The number of rotatable bonds is 3. The Morgan fingerprint density at radius 3 is 2.59 bits per heavy atom. The smallest absolute Gasteiger partial charge is 0.229 e. The van der Waals surface area contributed by atoms with E-state index in [1.54, 1.807) is 31.6 Å². The summed E-state index contributed by atoms with van der Waals surface area (Å²) in [6, 6.07) is 7.33. The molecular weight excluding hydrogens is 216 g/mol. The zero-order valence-electron chi connectivity index (χ0n) is 9.79. The van der Waals surface area contributed by atoms with E-state index in [-0.39, 0.29) is 0 Å². The van der Waals surface area contributed by atoms with Gasteiger partial charge in [-0.15, -0.1) is 0 Å². The predicted molar refractivity (Wildman–Crippen MR) is 67.5 cm³/mol. The summed E-state index contributed by atoms with van der Waals surface area (Å²) in [6.45, 7) is 0. The van der Waals surface area contributed by atoms with E-state index in [0.29, 0.717) is 17.4 Å². The fourth-order valence-corrected chi connectivity index (χ4v) is 1.49. The summed E-state index contributed by atoms with van der Waals surface area (Å²) in [5, 5.41) is 0. The van der Waals surface area contributed by atoms with Crippen molar-refractivity contribution < 1.29 is 4.74 Å². The molecule has 0 atom stereocenters. The molecule has 1 aromatic carbocycles. The summed E-state index contributed by atoms with van der Waals surface area (Å²) in [5.41, 5.74) is 7.29. The van der Waals surface area contributed by atoms with Crippen LogP contribution in [0.1, 0.15) is 0 Å². The van der Waals surface area contributed by atoms with E-state index in [2.05, 4.69) is 9.97 Å². The molecule has 88 valence electrons. The van der Waals surface area contributed by atoms with Crippen LogP contribution in [0.2, 0.25) is 0 Å². The van der Waals surface area contributed by atoms with E-state index < -0.39 is 0 Å². The molecule has 1 aromatic heterocycles. The summed E-state index contributed by atoms with van der Waals surface area (Å²) >= 11 is 0. The Bertz CT molecular complexity index is 501. The fourth-order valence-electron chi connectivity index (χ4n) is 1.49. The van der Waals surface area contributed by atoms with Crippen molar-refractivity contribution in [3.8, 4) is 5.75 Å². The Hall–Kier alpha value is -2.30. The molecule has 2 rings (SSSR count). The van der Waals surface area contributed by atoms with Crippen LogP contribution in [0.4, 0.5) is 17.3 Å². The number of ether oxygens (including phenoxy) is 1. The Morgan fingerprint density at radius 2 is 1.94 bits per heavy atom. The zero-order chi connectivity index (χ0) is 12.3. The molecule has 5 nitrogen and oxygen atoms in total. The average Bonchev–Trinajstić information content (AvgIpc) is 2.39. The topological polar surface area (TPSA) is 64.3 Å². The second-order valence-corrected chi connectivity index (χ2v) is 3.53. The minimum absolute atomic E-state index is 0.610. The van der Waals surface area contributed by atoms with E-state index in [9.17, 15) is 0 Å². The van der Waals surface area contributed by atoms with Gasteiger partial charge in [-0.25, -0.2) is 9.97 Å². The van der Waals surface area contributed by atoms with Crippen molar-refractivity contribution in [3.63, 3.8) is 0 Å². The molecule has 0 aliphatic rings. The third kappa shape index (κ3) is 2.28. The number of nitrogens with zero attached hydrogens (tertiary/aromatic N) is 3. The largest absolute Gasteiger partial charge is 0.495 e. The first-order valence-corrected chi connectivity index (χ1v) is 5.16. The van der Waals surface area contributed by atoms with Crippen LogP contribution in [0.25, 0.3) is 0 Å². The van der Waals surface area contributed by atoms with Gasteiger partial charge in [-0.2, -0.15) is 0 Å². The molecule has 0 bridgehead atoms. The van der Waals surface area contributed by atoms with Gasteiger partial charge >= 0.3 is 0 Å². The molecule has 0 spiro atoms. The average molecular weight is 230 g/mol. The Labute approximate surface area is 99.9 Å². The summed E-state index contributed by atoms with van der Waals surface area (Å²) < 4.78 is 5.18. The van der Waals surface area contributed by atoms with E-state index in [4.69, 9.17) is 10.5 Å². The molecule has 0 aliphatic carbocycles. The number of nitrogen functional groups attached to an aromatic ring is 1. The molecule has 1 heterocycles. The van der Waals surface area contributed by atoms with Gasteiger partial charge in [-0.05, 0) is 18.2 Å². The summed E-state index contributed by atoms with van der Waals surface area (Å²) in [5.74, 6) is 1.27. The van der Waals surface area contributed by atoms with Crippen molar-refractivity contribution in [1.29, 1.82) is 0 Å². The maximum absolute atomic E-state index is 5.76. The standard InChI is InChI=1S/C12H14N4O/c1-16(12-14-6-3-7-15-12)9-4-5-10(13)11(8-9)17-2/h3-8H,13H2,1-2H3. The lowest BCUT2D eigenvalue weighted by molar-refractivity contribution is 0.417. The van der Waals surface area contributed by atoms with E-state index >= 15 is 0 Å². The maximum Gasteiger partial charge on any atom is 0.229 e. The number of hydrogen-bond acceptors (Lipinski definition) is 5. The number of methoxy groups -OCH3 is 1.